The number of benzene rings is 2. The van der Waals surface area contributed by atoms with E-state index in [2.05, 4.69) is 10.4 Å². The first-order valence-electron chi connectivity index (χ1n) is 9.28. The molecule has 3 rings (SSSR count). The van der Waals surface area contributed by atoms with Crippen LogP contribution in [-0.2, 0) is 6.18 Å². The van der Waals surface area contributed by atoms with E-state index in [1.165, 1.54) is 12.4 Å². The van der Waals surface area contributed by atoms with E-state index >= 15 is 0 Å². The Bertz CT molecular complexity index is 1250. The SMILES string of the molecule is O=C(Nn1ccnc1)c1ccc(C(F)=CC(c2cc(Cl)c(Cl)c(Cl)c2)C(F)(F)F)cc1C(F)(F)F. The zero-order valence-corrected chi connectivity index (χ0v) is 19.1. The second kappa shape index (κ2) is 10.1. The van der Waals surface area contributed by atoms with Gasteiger partial charge in [0.15, 0.2) is 0 Å². The minimum atomic E-state index is -5.13. The molecule has 1 aromatic heterocycles. The minimum absolute atomic E-state index is 0.0800. The highest BCUT2D eigenvalue weighted by atomic mass is 35.5. The highest BCUT2D eigenvalue weighted by Crippen LogP contribution is 2.42. The standard InChI is InChI=1S/C21H11Cl3F7N3O/c22-15-6-11(7-16(23)18(15)24)13(20(26,27)28)8-17(25)10-1-2-12(14(5-10)21(29,30)31)19(35)33-34-4-3-32-9-34/h1-9,13H,(H,33,35). The summed E-state index contributed by atoms with van der Waals surface area (Å²) in [7, 11) is 0. The number of imidazole rings is 1. The van der Waals surface area contributed by atoms with Gasteiger partial charge in [-0.15, -0.1) is 0 Å². The van der Waals surface area contributed by atoms with Crippen molar-refractivity contribution in [1.82, 2.24) is 9.66 Å². The van der Waals surface area contributed by atoms with Gasteiger partial charge in [-0.25, -0.2) is 14.1 Å². The summed E-state index contributed by atoms with van der Waals surface area (Å²) in [5.41, 5.74) is -1.75. The van der Waals surface area contributed by atoms with E-state index in [1.807, 2.05) is 0 Å². The normalized spacial score (nSPS) is 13.6. The van der Waals surface area contributed by atoms with Crippen molar-refractivity contribution in [3.05, 3.63) is 92.5 Å². The van der Waals surface area contributed by atoms with Crippen molar-refractivity contribution in [1.29, 1.82) is 0 Å². The molecule has 1 amide bonds. The van der Waals surface area contributed by atoms with Crippen LogP contribution in [0.1, 0.15) is 33.0 Å². The number of nitrogens with one attached hydrogen (secondary N) is 1. The number of carbonyl (C=O) groups is 1. The molecule has 0 radical (unpaired) electrons. The molecule has 1 heterocycles. The van der Waals surface area contributed by atoms with Gasteiger partial charge in [-0.2, -0.15) is 26.3 Å². The number of allylic oxidation sites excluding steroid dienone is 1. The average Bonchev–Trinajstić information content (AvgIpc) is 3.26. The van der Waals surface area contributed by atoms with E-state index in [0.717, 1.165) is 29.2 Å². The molecule has 0 spiro atoms. The Morgan fingerprint density at radius 1 is 1.03 bits per heavy atom. The Morgan fingerprint density at radius 2 is 1.66 bits per heavy atom. The molecule has 186 valence electrons. The van der Waals surface area contributed by atoms with E-state index in [0.29, 0.717) is 6.07 Å². The molecule has 0 aliphatic carbocycles. The molecule has 3 aromatic rings. The Kier molecular flexibility index (Phi) is 7.73. The van der Waals surface area contributed by atoms with Gasteiger partial charge in [-0.1, -0.05) is 40.9 Å². The zero-order valence-electron chi connectivity index (χ0n) is 16.9. The molecule has 1 unspecified atom stereocenters. The highest BCUT2D eigenvalue weighted by molar-refractivity contribution is 6.48. The predicted octanol–water partition coefficient (Wildman–Crippen LogP) is 7.90. The van der Waals surface area contributed by atoms with Gasteiger partial charge in [0.25, 0.3) is 5.91 Å². The molecular weight excluding hydrogens is 550 g/mol. The summed E-state index contributed by atoms with van der Waals surface area (Å²) < 4.78 is 97.8. The summed E-state index contributed by atoms with van der Waals surface area (Å²) >= 11 is 17.3. The highest BCUT2D eigenvalue weighted by Gasteiger charge is 2.41. The van der Waals surface area contributed by atoms with Crippen molar-refractivity contribution in [3.8, 4) is 0 Å². The Morgan fingerprint density at radius 3 is 2.17 bits per heavy atom. The van der Waals surface area contributed by atoms with Crippen molar-refractivity contribution >= 4 is 46.5 Å². The van der Waals surface area contributed by atoms with Crippen molar-refractivity contribution in [2.75, 3.05) is 5.43 Å². The molecule has 0 bridgehead atoms. The van der Waals surface area contributed by atoms with Gasteiger partial charge < -0.3 is 0 Å². The van der Waals surface area contributed by atoms with Crippen LogP contribution in [0.5, 0.6) is 0 Å². The third-order valence-corrected chi connectivity index (χ3v) is 5.81. The smallest absolute Gasteiger partial charge is 0.267 e. The van der Waals surface area contributed by atoms with Crippen LogP contribution in [-0.4, -0.2) is 21.7 Å². The van der Waals surface area contributed by atoms with Crippen molar-refractivity contribution in [2.24, 2.45) is 0 Å². The van der Waals surface area contributed by atoms with Gasteiger partial charge in [0.1, 0.15) is 18.1 Å². The Balaban J connectivity index is 2.05. The maximum atomic E-state index is 14.9. The van der Waals surface area contributed by atoms with Gasteiger partial charge in [0.2, 0.25) is 0 Å². The minimum Gasteiger partial charge on any atom is -0.267 e. The monoisotopic (exact) mass is 559 g/mol. The summed E-state index contributed by atoms with van der Waals surface area (Å²) in [5.74, 6) is -5.44. The summed E-state index contributed by atoms with van der Waals surface area (Å²) in [4.78, 5) is 15.9. The fourth-order valence-corrected chi connectivity index (χ4v) is 3.62. The molecule has 0 aliphatic heterocycles. The van der Waals surface area contributed by atoms with Crippen LogP contribution in [0.25, 0.3) is 5.83 Å². The quantitative estimate of drug-likeness (QED) is 0.255. The van der Waals surface area contributed by atoms with Gasteiger partial charge in [-0.05, 0) is 35.9 Å². The average molecular weight is 561 g/mol. The van der Waals surface area contributed by atoms with Crippen LogP contribution in [0.2, 0.25) is 15.1 Å². The number of amides is 1. The van der Waals surface area contributed by atoms with Crippen LogP contribution in [0.3, 0.4) is 0 Å². The van der Waals surface area contributed by atoms with Crippen LogP contribution in [0.15, 0.2) is 55.1 Å². The molecule has 1 atom stereocenters. The first-order valence-corrected chi connectivity index (χ1v) is 10.4. The van der Waals surface area contributed by atoms with Crippen LogP contribution >= 0.6 is 34.8 Å². The first kappa shape index (κ1) is 26.8. The van der Waals surface area contributed by atoms with E-state index in [4.69, 9.17) is 34.8 Å². The first-order chi connectivity index (χ1) is 16.2. The number of carbonyl (C=O) groups excluding carboxylic acids is 1. The fraction of sp³-hybridized carbons (Fsp3) is 0.143. The molecule has 0 saturated heterocycles. The molecule has 0 saturated carbocycles. The number of halogens is 10. The van der Waals surface area contributed by atoms with Gasteiger partial charge >= 0.3 is 12.4 Å². The lowest BCUT2D eigenvalue weighted by atomic mass is 9.95. The molecule has 4 nitrogen and oxygen atoms in total. The van der Waals surface area contributed by atoms with Gasteiger partial charge in [0, 0.05) is 18.0 Å². The topological polar surface area (TPSA) is 46.9 Å². The van der Waals surface area contributed by atoms with Crippen LogP contribution in [0.4, 0.5) is 30.7 Å². The molecule has 0 aliphatic rings. The second-order valence-corrected chi connectivity index (χ2v) is 8.19. The molecule has 14 heteroatoms. The lowest BCUT2D eigenvalue weighted by molar-refractivity contribution is -0.140. The summed E-state index contributed by atoms with van der Waals surface area (Å²) in [6, 6.07) is 3.28. The van der Waals surface area contributed by atoms with E-state index < -0.39 is 52.3 Å². The van der Waals surface area contributed by atoms with E-state index in [-0.39, 0.29) is 27.2 Å². The summed E-state index contributed by atoms with van der Waals surface area (Å²) in [6.07, 6.45) is -6.50. The lowest BCUT2D eigenvalue weighted by Gasteiger charge is -2.19. The summed E-state index contributed by atoms with van der Waals surface area (Å²) in [6.45, 7) is 0. The van der Waals surface area contributed by atoms with E-state index in [1.54, 1.807) is 0 Å². The Labute approximate surface area is 207 Å². The van der Waals surface area contributed by atoms with Crippen molar-refractivity contribution in [2.45, 2.75) is 18.3 Å². The zero-order chi connectivity index (χ0) is 26.1. The van der Waals surface area contributed by atoms with Crippen LogP contribution < -0.4 is 5.43 Å². The van der Waals surface area contributed by atoms with Crippen molar-refractivity contribution < 1.29 is 35.5 Å². The number of rotatable bonds is 5. The molecule has 1 N–H and O–H groups in total. The van der Waals surface area contributed by atoms with Gasteiger partial charge in [-0.3, -0.25) is 10.2 Å². The molecule has 0 fully saturated rings. The third kappa shape index (κ3) is 6.28. The molecular formula is C21H11Cl3F7N3O. The number of aromatic nitrogens is 2. The van der Waals surface area contributed by atoms with E-state index in [9.17, 15) is 35.5 Å². The fourth-order valence-electron chi connectivity index (χ4n) is 3.01. The Hall–Kier alpha value is -2.76. The number of hydrogen-bond donors (Lipinski definition) is 1. The largest absolute Gasteiger partial charge is 0.417 e. The van der Waals surface area contributed by atoms with Crippen molar-refractivity contribution in [3.63, 3.8) is 0 Å². The van der Waals surface area contributed by atoms with Crippen LogP contribution in [0, 0.1) is 0 Å². The predicted molar refractivity (Wildman–Crippen MR) is 117 cm³/mol. The molecule has 2 aromatic carbocycles. The molecule has 35 heavy (non-hydrogen) atoms. The maximum absolute atomic E-state index is 14.9. The second-order valence-electron chi connectivity index (χ2n) is 7.00. The lowest BCUT2D eigenvalue weighted by Crippen LogP contribution is -2.24. The summed E-state index contributed by atoms with van der Waals surface area (Å²) in [5, 5.41) is -0.878. The third-order valence-electron chi connectivity index (χ3n) is 4.61. The number of alkyl halides is 6. The number of nitrogens with zero attached hydrogens (tertiary/aromatic N) is 2. The number of hydrogen-bond acceptors (Lipinski definition) is 2. The maximum Gasteiger partial charge on any atom is 0.417 e. The van der Waals surface area contributed by atoms with Gasteiger partial charge in [0.05, 0.1) is 26.2 Å².